The molecule has 0 atom stereocenters. The maximum absolute atomic E-state index is 11.2. The first-order chi connectivity index (χ1) is 9.49. The molecule has 0 aliphatic heterocycles. The van der Waals surface area contributed by atoms with E-state index in [2.05, 4.69) is 5.10 Å². The molecule has 0 saturated heterocycles. The zero-order chi connectivity index (χ0) is 14.7. The zero-order valence-corrected chi connectivity index (χ0v) is 11.8. The van der Waals surface area contributed by atoms with Gasteiger partial charge in [-0.3, -0.25) is 4.68 Å². The Morgan fingerprint density at radius 2 is 2.10 bits per heavy atom. The minimum atomic E-state index is -0.978. The summed E-state index contributed by atoms with van der Waals surface area (Å²) in [7, 11) is 0. The number of aromatic nitrogens is 2. The number of carbonyl (C=O) groups is 1. The molecule has 106 valence electrons. The number of aromatic carboxylic acids is 1. The molecule has 1 heterocycles. The molecule has 5 heteroatoms. The Morgan fingerprint density at radius 1 is 1.40 bits per heavy atom. The minimum absolute atomic E-state index is 0.00619. The van der Waals surface area contributed by atoms with Crippen LogP contribution >= 0.6 is 0 Å². The van der Waals surface area contributed by atoms with Crippen molar-refractivity contribution in [3.63, 3.8) is 0 Å². The van der Waals surface area contributed by atoms with Crippen LogP contribution in [0.4, 0.5) is 0 Å². The Bertz CT molecular complexity index is 617. The van der Waals surface area contributed by atoms with Crippen LogP contribution in [0.15, 0.2) is 30.3 Å². The quantitative estimate of drug-likeness (QED) is 0.910. The lowest BCUT2D eigenvalue weighted by Crippen LogP contribution is -2.12. The third-order valence-electron chi connectivity index (χ3n) is 2.96. The predicted molar refractivity (Wildman–Crippen MR) is 75.1 cm³/mol. The molecule has 1 N–H and O–H groups in total. The summed E-state index contributed by atoms with van der Waals surface area (Å²) >= 11 is 0. The zero-order valence-electron chi connectivity index (χ0n) is 11.8. The standard InChI is InChI=1S/C15H18N2O3/c1-10(2)17-13(15(18)19)8-12(16-17)9-20-14-7-5-4-6-11(14)3/h4-8,10H,9H2,1-3H3,(H,18,19). The van der Waals surface area contributed by atoms with Gasteiger partial charge in [-0.15, -0.1) is 0 Å². The third-order valence-corrected chi connectivity index (χ3v) is 2.96. The van der Waals surface area contributed by atoms with E-state index in [1.54, 1.807) is 6.07 Å². The Hall–Kier alpha value is -2.30. The van der Waals surface area contributed by atoms with Crippen LogP contribution < -0.4 is 4.74 Å². The molecule has 0 saturated carbocycles. The maximum atomic E-state index is 11.2. The molecular weight excluding hydrogens is 256 g/mol. The summed E-state index contributed by atoms with van der Waals surface area (Å²) in [4.78, 5) is 11.2. The first kappa shape index (κ1) is 14.1. The fourth-order valence-electron chi connectivity index (χ4n) is 1.94. The summed E-state index contributed by atoms with van der Waals surface area (Å²) in [6.45, 7) is 6.01. The SMILES string of the molecule is Cc1ccccc1OCc1cc(C(=O)O)n(C(C)C)n1. The molecule has 1 aromatic carbocycles. The van der Waals surface area contributed by atoms with Crippen LogP contribution in [0.5, 0.6) is 5.75 Å². The molecule has 0 bridgehead atoms. The van der Waals surface area contributed by atoms with Crippen LogP contribution in [0.3, 0.4) is 0 Å². The van der Waals surface area contributed by atoms with Gasteiger partial charge in [0.1, 0.15) is 23.7 Å². The van der Waals surface area contributed by atoms with Gasteiger partial charge in [-0.05, 0) is 38.5 Å². The molecule has 0 aliphatic carbocycles. The van der Waals surface area contributed by atoms with E-state index in [1.807, 2.05) is 45.0 Å². The van der Waals surface area contributed by atoms with Crippen molar-refractivity contribution >= 4 is 5.97 Å². The number of nitrogens with zero attached hydrogens (tertiary/aromatic N) is 2. The summed E-state index contributed by atoms with van der Waals surface area (Å²) < 4.78 is 7.18. The molecule has 0 radical (unpaired) electrons. The lowest BCUT2D eigenvalue weighted by molar-refractivity contribution is 0.0681. The summed E-state index contributed by atoms with van der Waals surface area (Å²) in [6.07, 6.45) is 0. The first-order valence-corrected chi connectivity index (χ1v) is 6.49. The topological polar surface area (TPSA) is 64.3 Å². The average Bonchev–Trinajstić information content (AvgIpc) is 2.82. The van der Waals surface area contributed by atoms with Gasteiger partial charge in [0.05, 0.1) is 0 Å². The van der Waals surface area contributed by atoms with Gasteiger partial charge in [0.15, 0.2) is 0 Å². The lowest BCUT2D eigenvalue weighted by Gasteiger charge is -2.08. The monoisotopic (exact) mass is 274 g/mol. The number of benzene rings is 1. The number of rotatable bonds is 5. The van der Waals surface area contributed by atoms with Gasteiger partial charge in [-0.1, -0.05) is 18.2 Å². The largest absolute Gasteiger partial charge is 0.487 e. The van der Waals surface area contributed by atoms with E-state index < -0.39 is 5.97 Å². The normalized spacial score (nSPS) is 10.8. The second-order valence-electron chi connectivity index (χ2n) is 4.92. The van der Waals surface area contributed by atoms with Gasteiger partial charge in [-0.25, -0.2) is 4.79 Å². The van der Waals surface area contributed by atoms with Crippen molar-refractivity contribution in [2.75, 3.05) is 0 Å². The molecule has 5 nitrogen and oxygen atoms in total. The molecule has 0 unspecified atom stereocenters. The fraction of sp³-hybridized carbons (Fsp3) is 0.333. The number of carboxylic acid groups (broad SMARTS) is 1. The summed E-state index contributed by atoms with van der Waals surface area (Å²) in [6, 6.07) is 9.24. The molecule has 0 fully saturated rings. The Labute approximate surface area is 117 Å². The van der Waals surface area contributed by atoms with Crippen LogP contribution in [0.1, 0.15) is 41.6 Å². The highest BCUT2D eigenvalue weighted by atomic mass is 16.5. The summed E-state index contributed by atoms with van der Waals surface area (Å²) in [5.41, 5.74) is 1.83. The number of ether oxygens (including phenoxy) is 1. The molecule has 1 aromatic heterocycles. The van der Waals surface area contributed by atoms with Crippen molar-refractivity contribution in [2.24, 2.45) is 0 Å². The van der Waals surface area contributed by atoms with Crippen LogP contribution in [-0.4, -0.2) is 20.9 Å². The van der Waals surface area contributed by atoms with E-state index in [0.717, 1.165) is 11.3 Å². The molecule has 0 amide bonds. The van der Waals surface area contributed by atoms with Gasteiger partial charge in [0.2, 0.25) is 0 Å². The smallest absolute Gasteiger partial charge is 0.354 e. The molecular formula is C15H18N2O3. The van der Waals surface area contributed by atoms with Gasteiger partial charge in [0, 0.05) is 6.04 Å². The van der Waals surface area contributed by atoms with Crippen molar-refractivity contribution in [3.8, 4) is 5.75 Å². The van der Waals surface area contributed by atoms with Gasteiger partial charge >= 0.3 is 5.97 Å². The molecule has 0 spiro atoms. The van der Waals surface area contributed by atoms with E-state index in [4.69, 9.17) is 9.84 Å². The highest BCUT2D eigenvalue weighted by molar-refractivity contribution is 5.85. The van der Waals surface area contributed by atoms with Crippen molar-refractivity contribution in [1.29, 1.82) is 0 Å². The number of aryl methyl sites for hydroxylation is 1. The van der Waals surface area contributed by atoms with Gasteiger partial charge < -0.3 is 9.84 Å². The van der Waals surface area contributed by atoms with Crippen molar-refractivity contribution in [2.45, 2.75) is 33.4 Å². The van der Waals surface area contributed by atoms with E-state index in [1.165, 1.54) is 4.68 Å². The fourth-order valence-corrected chi connectivity index (χ4v) is 1.94. The predicted octanol–water partition coefficient (Wildman–Crippen LogP) is 3.05. The van der Waals surface area contributed by atoms with E-state index >= 15 is 0 Å². The molecule has 2 rings (SSSR count). The number of para-hydroxylation sites is 1. The molecule has 20 heavy (non-hydrogen) atoms. The van der Waals surface area contributed by atoms with Crippen LogP contribution in [0.2, 0.25) is 0 Å². The van der Waals surface area contributed by atoms with Crippen LogP contribution in [0, 0.1) is 6.92 Å². The summed E-state index contributed by atoms with van der Waals surface area (Å²) in [5.74, 6) is -0.197. The van der Waals surface area contributed by atoms with Gasteiger partial charge in [-0.2, -0.15) is 5.10 Å². The average molecular weight is 274 g/mol. The van der Waals surface area contributed by atoms with E-state index in [-0.39, 0.29) is 18.3 Å². The lowest BCUT2D eigenvalue weighted by atomic mass is 10.2. The Kier molecular flexibility index (Phi) is 4.08. The Balaban J connectivity index is 2.16. The van der Waals surface area contributed by atoms with Crippen molar-refractivity contribution in [1.82, 2.24) is 9.78 Å². The molecule has 2 aromatic rings. The van der Waals surface area contributed by atoms with E-state index in [0.29, 0.717) is 5.69 Å². The summed E-state index contributed by atoms with van der Waals surface area (Å²) in [5, 5.41) is 13.4. The van der Waals surface area contributed by atoms with Gasteiger partial charge in [0.25, 0.3) is 0 Å². The third kappa shape index (κ3) is 2.99. The number of hydrogen-bond donors (Lipinski definition) is 1. The Morgan fingerprint density at radius 3 is 2.65 bits per heavy atom. The second kappa shape index (κ2) is 5.77. The minimum Gasteiger partial charge on any atom is -0.487 e. The van der Waals surface area contributed by atoms with Crippen molar-refractivity contribution in [3.05, 3.63) is 47.3 Å². The highest BCUT2D eigenvalue weighted by Crippen LogP contribution is 2.18. The second-order valence-corrected chi connectivity index (χ2v) is 4.92. The van der Waals surface area contributed by atoms with Crippen LogP contribution in [-0.2, 0) is 6.61 Å². The first-order valence-electron chi connectivity index (χ1n) is 6.49. The highest BCUT2D eigenvalue weighted by Gasteiger charge is 2.16. The number of hydrogen-bond acceptors (Lipinski definition) is 3. The maximum Gasteiger partial charge on any atom is 0.354 e. The van der Waals surface area contributed by atoms with E-state index in [9.17, 15) is 4.79 Å². The van der Waals surface area contributed by atoms with Crippen LogP contribution in [0.25, 0.3) is 0 Å². The molecule has 0 aliphatic rings. The number of carboxylic acids is 1. The van der Waals surface area contributed by atoms with Crippen molar-refractivity contribution < 1.29 is 14.6 Å².